The van der Waals surface area contributed by atoms with E-state index in [1.807, 2.05) is 41.3 Å². The van der Waals surface area contributed by atoms with E-state index in [1.165, 1.54) is 24.8 Å². The maximum absolute atomic E-state index is 12.4. The van der Waals surface area contributed by atoms with Crippen molar-refractivity contribution < 1.29 is 9.59 Å². The number of hydrogen-bond acceptors (Lipinski definition) is 2. The second-order valence-electron chi connectivity index (χ2n) is 7.22. The molecule has 2 aromatic rings. The minimum absolute atomic E-state index is 0.113. The molecular weight excluding hydrogens is 336 g/mol. The summed E-state index contributed by atoms with van der Waals surface area (Å²) >= 11 is 0. The number of amides is 2. The number of nitrogens with one attached hydrogen (secondary N) is 1. The van der Waals surface area contributed by atoms with E-state index in [-0.39, 0.29) is 11.8 Å². The van der Waals surface area contributed by atoms with Gasteiger partial charge in [-0.25, -0.2) is 0 Å². The number of carbonyl (C=O) groups excluding carboxylic acids is 2. The van der Waals surface area contributed by atoms with E-state index < -0.39 is 0 Å². The lowest BCUT2D eigenvalue weighted by Crippen LogP contribution is -2.23. The molecule has 1 N–H and O–H groups in total. The van der Waals surface area contributed by atoms with Crippen molar-refractivity contribution in [3.63, 3.8) is 0 Å². The summed E-state index contributed by atoms with van der Waals surface area (Å²) in [7, 11) is 0. The van der Waals surface area contributed by atoms with E-state index in [0.717, 1.165) is 30.6 Å². The van der Waals surface area contributed by atoms with Gasteiger partial charge in [-0.3, -0.25) is 9.59 Å². The molecule has 0 radical (unpaired) electrons. The van der Waals surface area contributed by atoms with Crippen LogP contribution in [-0.2, 0) is 17.8 Å². The first-order valence-electron chi connectivity index (χ1n) is 9.92. The van der Waals surface area contributed by atoms with Crippen LogP contribution in [0, 0.1) is 0 Å². The molecule has 1 aliphatic rings. The maximum atomic E-state index is 12.4. The molecule has 4 nitrogen and oxygen atoms in total. The Morgan fingerprint density at radius 3 is 2.33 bits per heavy atom. The first kappa shape index (κ1) is 19.2. The zero-order chi connectivity index (χ0) is 19.1. The van der Waals surface area contributed by atoms with Crippen LogP contribution in [0.15, 0.2) is 48.5 Å². The predicted octanol–water partition coefficient (Wildman–Crippen LogP) is 4.79. The fraction of sp³-hybridized carbons (Fsp3) is 0.391. The van der Waals surface area contributed by atoms with Gasteiger partial charge < -0.3 is 10.2 Å². The van der Waals surface area contributed by atoms with Crippen molar-refractivity contribution in [2.75, 3.05) is 11.9 Å². The minimum Gasteiger partial charge on any atom is -0.338 e. The van der Waals surface area contributed by atoms with Crippen LogP contribution >= 0.6 is 0 Å². The molecule has 1 aliphatic heterocycles. The summed E-state index contributed by atoms with van der Waals surface area (Å²) in [5, 5.41) is 2.95. The van der Waals surface area contributed by atoms with Gasteiger partial charge in [0.2, 0.25) is 5.91 Å². The van der Waals surface area contributed by atoms with Crippen LogP contribution < -0.4 is 5.32 Å². The van der Waals surface area contributed by atoms with Gasteiger partial charge in [0.25, 0.3) is 5.91 Å². The molecule has 0 atom stereocenters. The summed E-state index contributed by atoms with van der Waals surface area (Å²) in [5.74, 6) is 0.104. The van der Waals surface area contributed by atoms with Crippen molar-refractivity contribution in [3.8, 4) is 0 Å². The number of unbranched alkanes of at least 4 members (excludes halogenated alkanes) is 2. The summed E-state index contributed by atoms with van der Waals surface area (Å²) in [4.78, 5) is 26.0. The van der Waals surface area contributed by atoms with Crippen LogP contribution in [0.25, 0.3) is 0 Å². The Morgan fingerprint density at radius 1 is 1.00 bits per heavy atom. The van der Waals surface area contributed by atoms with Gasteiger partial charge >= 0.3 is 0 Å². The predicted molar refractivity (Wildman–Crippen MR) is 109 cm³/mol. The standard InChI is InChI=1S/C23H28N2O2/c1-2-3-4-6-18-10-14-21(15-11-18)24-23(27)20-12-8-19(9-13-20)17-25-16-5-7-22(25)26/h8-15H,2-7,16-17H2,1H3,(H,24,27). The molecule has 0 spiro atoms. The van der Waals surface area contributed by atoms with Crippen LogP contribution in [0.1, 0.15) is 60.5 Å². The molecule has 2 aromatic carbocycles. The molecule has 2 amide bonds. The van der Waals surface area contributed by atoms with Gasteiger partial charge in [0.1, 0.15) is 0 Å². The summed E-state index contributed by atoms with van der Waals surface area (Å²) in [6.07, 6.45) is 6.36. The van der Waals surface area contributed by atoms with Crippen LogP contribution in [0.5, 0.6) is 0 Å². The number of aryl methyl sites for hydroxylation is 1. The molecule has 0 bridgehead atoms. The fourth-order valence-electron chi connectivity index (χ4n) is 3.39. The first-order valence-corrected chi connectivity index (χ1v) is 9.92. The van der Waals surface area contributed by atoms with Crippen molar-refractivity contribution >= 4 is 17.5 Å². The molecule has 1 saturated heterocycles. The summed E-state index contributed by atoms with van der Waals surface area (Å²) in [5.41, 5.74) is 3.80. The zero-order valence-electron chi connectivity index (χ0n) is 16.0. The van der Waals surface area contributed by atoms with Gasteiger partial charge in [0, 0.05) is 30.8 Å². The molecule has 1 fully saturated rings. The Hall–Kier alpha value is -2.62. The van der Waals surface area contributed by atoms with Crippen LogP contribution in [0.4, 0.5) is 5.69 Å². The van der Waals surface area contributed by atoms with Crippen LogP contribution in [0.2, 0.25) is 0 Å². The third kappa shape index (κ3) is 5.43. The lowest BCUT2D eigenvalue weighted by molar-refractivity contribution is -0.128. The van der Waals surface area contributed by atoms with Crippen molar-refractivity contribution in [2.45, 2.75) is 52.0 Å². The number of rotatable bonds is 8. The molecule has 4 heteroatoms. The van der Waals surface area contributed by atoms with Crippen LogP contribution in [-0.4, -0.2) is 23.3 Å². The van der Waals surface area contributed by atoms with E-state index >= 15 is 0 Å². The first-order chi connectivity index (χ1) is 13.2. The number of benzene rings is 2. The van der Waals surface area contributed by atoms with E-state index in [0.29, 0.717) is 18.5 Å². The highest BCUT2D eigenvalue weighted by molar-refractivity contribution is 6.04. The highest BCUT2D eigenvalue weighted by Crippen LogP contribution is 2.16. The van der Waals surface area contributed by atoms with E-state index in [4.69, 9.17) is 0 Å². The Balaban J connectivity index is 1.53. The maximum Gasteiger partial charge on any atom is 0.255 e. The third-order valence-corrected chi connectivity index (χ3v) is 5.04. The van der Waals surface area contributed by atoms with Crippen molar-refractivity contribution in [2.24, 2.45) is 0 Å². The summed E-state index contributed by atoms with van der Waals surface area (Å²) in [6, 6.07) is 15.6. The zero-order valence-corrected chi connectivity index (χ0v) is 16.0. The van der Waals surface area contributed by atoms with E-state index in [9.17, 15) is 9.59 Å². The molecule has 1 heterocycles. The lowest BCUT2D eigenvalue weighted by Gasteiger charge is -2.15. The summed E-state index contributed by atoms with van der Waals surface area (Å²) in [6.45, 7) is 3.66. The minimum atomic E-state index is -0.113. The molecule has 0 unspecified atom stereocenters. The SMILES string of the molecule is CCCCCc1ccc(NC(=O)c2ccc(CN3CCCC3=O)cc2)cc1. The Bertz CT molecular complexity index is 766. The number of likely N-dealkylation sites (tertiary alicyclic amines) is 1. The molecular formula is C23H28N2O2. The quantitative estimate of drug-likeness (QED) is 0.684. The summed E-state index contributed by atoms with van der Waals surface area (Å²) < 4.78 is 0. The lowest BCUT2D eigenvalue weighted by atomic mass is 10.1. The van der Waals surface area contributed by atoms with Crippen LogP contribution in [0.3, 0.4) is 0 Å². The highest BCUT2D eigenvalue weighted by Gasteiger charge is 2.20. The number of hydrogen-bond donors (Lipinski definition) is 1. The fourth-order valence-corrected chi connectivity index (χ4v) is 3.39. The molecule has 27 heavy (non-hydrogen) atoms. The number of anilines is 1. The second-order valence-corrected chi connectivity index (χ2v) is 7.22. The topological polar surface area (TPSA) is 49.4 Å². The smallest absolute Gasteiger partial charge is 0.255 e. The largest absolute Gasteiger partial charge is 0.338 e. The average Bonchev–Trinajstić information content (AvgIpc) is 3.08. The molecule has 0 saturated carbocycles. The molecule has 142 valence electrons. The monoisotopic (exact) mass is 364 g/mol. The Morgan fingerprint density at radius 2 is 1.70 bits per heavy atom. The second kappa shape index (κ2) is 9.36. The van der Waals surface area contributed by atoms with E-state index in [1.54, 1.807) is 0 Å². The average molecular weight is 364 g/mol. The van der Waals surface area contributed by atoms with Gasteiger partial charge in [-0.2, -0.15) is 0 Å². The van der Waals surface area contributed by atoms with Gasteiger partial charge in [-0.1, -0.05) is 44.0 Å². The number of nitrogens with zero attached hydrogens (tertiary/aromatic N) is 1. The van der Waals surface area contributed by atoms with Gasteiger partial charge in [0.15, 0.2) is 0 Å². The van der Waals surface area contributed by atoms with Crippen molar-refractivity contribution in [3.05, 3.63) is 65.2 Å². The van der Waals surface area contributed by atoms with Crippen molar-refractivity contribution in [1.29, 1.82) is 0 Å². The number of carbonyl (C=O) groups is 2. The van der Waals surface area contributed by atoms with E-state index in [2.05, 4.69) is 24.4 Å². The molecule has 0 aliphatic carbocycles. The Labute approximate surface area is 161 Å². The normalized spacial score (nSPS) is 13.8. The third-order valence-electron chi connectivity index (χ3n) is 5.04. The van der Waals surface area contributed by atoms with Gasteiger partial charge in [-0.05, 0) is 54.7 Å². The Kier molecular flexibility index (Phi) is 6.64. The molecule has 0 aromatic heterocycles. The molecule has 3 rings (SSSR count). The van der Waals surface area contributed by atoms with Crippen molar-refractivity contribution in [1.82, 2.24) is 4.90 Å². The van der Waals surface area contributed by atoms with Gasteiger partial charge in [-0.15, -0.1) is 0 Å². The van der Waals surface area contributed by atoms with Gasteiger partial charge in [0.05, 0.1) is 0 Å². The highest BCUT2D eigenvalue weighted by atomic mass is 16.2.